The molecule has 1 unspecified atom stereocenters. The summed E-state index contributed by atoms with van der Waals surface area (Å²) < 4.78 is 4.86. The van der Waals surface area contributed by atoms with Crippen molar-refractivity contribution in [2.75, 3.05) is 7.11 Å². The maximum atomic E-state index is 10.7. The number of hydrogen-bond acceptors (Lipinski definition) is 5. The standard InChI is InChI=1S/C9H12N2O4/c1-6(15-10)7-3-4-9(14-2)8(5-7)11(12)13/h3-6H,10H2,1-2H3. The van der Waals surface area contributed by atoms with Crippen molar-refractivity contribution in [2.24, 2.45) is 5.90 Å². The molecule has 1 atom stereocenters. The van der Waals surface area contributed by atoms with E-state index in [0.717, 1.165) is 0 Å². The minimum absolute atomic E-state index is 0.0982. The first-order valence-electron chi connectivity index (χ1n) is 4.28. The zero-order valence-corrected chi connectivity index (χ0v) is 8.47. The largest absolute Gasteiger partial charge is 0.490 e. The van der Waals surface area contributed by atoms with Crippen LogP contribution in [0.3, 0.4) is 0 Å². The van der Waals surface area contributed by atoms with Crippen LogP contribution in [0.15, 0.2) is 18.2 Å². The number of nitrogens with zero attached hydrogens (tertiary/aromatic N) is 1. The van der Waals surface area contributed by atoms with Gasteiger partial charge in [0.1, 0.15) is 6.10 Å². The quantitative estimate of drug-likeness (QED) is 0.604. The normalized spacial score (nSPS) is 12.2. The third kappa shape index (κ3) is 2.42. The molecule has 6 heteroatoms. The van der Waals surface area contributed by atoms with Crippen LogP contribution in [0.2, 0.25) is 0 Å². The molecule has 0 radical (unpaired) electrons. The average Bonchev–Trinajstić information content (AvgIpc) is 2.27. The number of benzene rings is 1. The van der Waals surface area contributed by atoms with Crippen molar-refractivity contribution in [3.63, 3.8) is 0 Å². The number of nitro groups is 1. The maximum Gasteiger partial charge on any atom is 0.311 e. The Bertz CT molecular complexity index is 367. The fraction of sp³-hybridized carbons (Fsp3) is 0.333. The van der Waals surface area contributed by atoms with Crippen molar-refractivity contribution in [1.82, 2.24) is 0 Å². The number of hydrogen-bond donors (Lipinski definition) is 1. The van der Waals surface area contributed by atoms with Gasteiger partial charge in [-0.2, -0.15) is 0 Å². The highest BCUT2D eigenvalue weighted by Crippen LogP contribution is 2.30. The molecule has 0 spiro atoms. The molecule has 2 N–H and O–H groups in total. The predicted octanol–water partition coefficient (Wildman–Crippen LogP) is 1.55. The molecule has 0 saturated heterocycles. The first kappa shape index (κ1) is 11.4. The summed E-state index contributed by atoms with van der Waals surface area (Å²) in [4.78, 5) is 14.8. The lowest BCUT2D eigenvalue weighted by atomic mass is 10.1. The van der Waals surface area contributed by atoms with Crippen LogP contribution >= 0.6 is 0 Å². The smallest absolute Gasteiger partial charge is 0.311 e. The fourth-order valence-corrected chi connectivity index (χ4v) is 1.18. The van der Waals surface area contributed by atoms with Crippen LogP contribution in [-0.4, -0.2) is 12.0 Å². The zero-order chi connectivity index (χ0) is 11.4. The third-order valence-electron chi connectivity index (χ3n) is 2.07. The number of nitro benzene ring substituents is 1. The second kappa shape index (κ2) is 4.72. The van der Waals surface area contributed by atoms with Crippen LogP contribution in [0.4, 0.5) is 5.69 Å². The highest BCUT2D eigenvalue weighted by atomic mass is 16.6. The summed E-state index contributed by atoms with van der Waals surface area (Å²) in [5.41, 5.74) is 0.531. The Kier molecular flexibility index (Phi) is 3.59. The Hall–Kier alpha value is -1.66. The summed E-state index contributed by atoms with van der Waals surface area (Å²) in [6, 6.07) is 4.57. The fourth-order valence-electron chi connectivity index (χ4n) is 1.18. The minimum atomic E-state index is -0.508. The van der Waals surface area contributed by atoms with Gasteiger partial charge in [-0.05, 0) is 18.6 Å². The number of nitrogens with two attached hydrogens (primary N) is 1. The average molecular weight is 212 g/mol. The van der Waals surface area contributed by atoms with Gasteiger partial charge in [0, 0.05) is 6.07 Å². The molecular formula is C9H12N2O4. The van der Waals surface area contributed by atoms with Gasteiger partial charge in [-0.3, -0.25) is 15.0 Å². The van der Waals surface area contributed by atoms with E-state index in [2.05, 4.69) is 4.84 Å². The van der Waals surface area contributed by atoms with Gasteiger partial charge >= 0.3 is 5.69 Å². The zero-order valence-electron chi connectivity index (χ0n) is 8.47. The number of methoxy groups -OCH3 is 1. The lowest BCUT2D eigenvalue weighted by Crippen LogP contribution is -2.06. The molecule has 0 fully saturated rings. The maximum absolute atomic E-state index is 10.7. The molecule has 0 bridgehead atoms. The molecular weight excluding hydrogens is 200 g/mol. The second-order valence-corrected chi connectivity index (χ2v) is 2.97. The van der Waals surface area contributed by atoms with E-state index < -0.39 is 11.0 Å². The first-order chi connectivity index (χ1) is 7.10. The van der Waals surface area contributed by atoms with Crippen LogP contribution in [0.1, 0.15) is 18.6 Å². The monoisotopic (exact) mass is 212 g/mol. The molecule has 0 aliphatic rings. The van der Waals surface area contributed by atoms with Crippen LogP contribution < -0.4 is 10.6 Å². The summed E-state index contributed by atoms with van der Waals surface area (Å²) in [5, 5.41) is 10.7. The van der Waals surface area contributed by atoms with Gasteiger partial charge in [0.15, 0.2) is 5.75 Å². The van der Waals surface area contributed by atoms with E-state index in [1.165, 1.54) is 19.2 Å². The van der Waals surface area contributed by atoms with Gasteiger partial charge in [0.2, 0.25) is 0 Å². The SMILES string of the molecule is COc1ccc(C(C)ON)cc1[N+](=O)[O-]. The van der Waals surface area contributed by atoms with Crippen molar-refractivity contribution in [1.29, 1.82) is 0 Å². The molecule has 0 amide bonds. The van der Waals surface area contributed by atoms with E-state index in [1.54, 1.807) is 13.0 Å². The van der Waals surface area contributed by atoms with Crippen molar-refractivity contribution in [3.8, 4) is 5.75 Å². The highest BCUT2D eigenvalue weighted by Gasteiger charge is 2.17. The Morgan fingerprint density at radius 2 is 2.20 bits per heavy atom. The molecule has 0 aliphatic heterocycles. The van der Waals surface area contributed by atoms with Crippen LogP contribution in [-0.2, 0) is 4.84 Å². The van der Waals surface area contributed by atoms with E-state index >= 15 is 0 Å². The van der Waals surface area contributed by atoms with E-state index in [0.29, 0.717) is 5.56 Å². The van der Waals surface area contributed by atoms with E-state index in [1.807, 2.05) is 0 Å². The molecule has 0 aromatic heterocycles. The lowest BCUT2D eigenvalue weighted by molar-refractivity contribution is -0.385. The number of ether oxygens (including phenoxy) is 1. The summed E-state index contributed by atoms with van der Waals surface area (Å²) in [5.74, 6) is 5.22. The Balaban J connectivity index is 3.16. The summed E-state index contributed by atoms with van der Waals surface area (Å²) in [7, 11) is 1.38. The van der Waals surface area contributed by atoms with E-state index in [-0.39, 0.29) is 11.4 Å². The summed E-state index contributed by atoms with van der Waals surface area (Å²) in [6.07, 6.45) is -0.394. The van der Waals surface area contributed by atoms with Gasteiger partial charge in [-0.15, -0.1) is 0 Å². The molecule has 1 aromatic carbocycles. The predicted molar refractivity (Wildman–Crippen MR) is 53.3 cm³/mol. The molecule has 1 rings (SSSR count). The molecule has 15 heavy (non-hydrogen) atoms. The first-order valence-corrected chi connectivity index (χ1v) is 4.28. The molecule has 0 saturated carbocycles. The van der Waals surface area contributed by atoms with E-state index in [4.69, 9.17) is 10.6 Å². The molecule has 0 aliphatic carbocycles. The minimum Gasteiger partial charge on any atom is -0.490 e. The van der Waals surface area contributed by atoms with Gasteiger partial charge in [0.05, 0.1) is 12.0 Å². The summed E-state index contributed by atoms with van der Waals surface area (Å²) >= 11 is 0. The second-order valence-electron chi connectivity index (χ2n) is 2.97. The van der Waals surface area contributed by atoms with Crippen LogP contribution in [0.5, 0.6) is 5.75 Å². The molecule has 82 valence electrons. The topological polar surface area (TPSA) is 87.6 Å². The van der Waals surface area contributed by atoms with Gasteiger partial charge in [-0.25, -0.2) is 5.90 Å². The lowest BCUT2D eigenvalue weighted by Gasteiger charge is -2.09. The molecule has 6 nitrogen and oxygen atoms in total. The van der Waals surface area contributed by atoms with E-state index in [9.17, 15) is 10.1 Å². The van der Waals surface area contributed by atoms with Gasteiger partial charge in [0.25, 0.3) is 0 Å². The van der Waals surface area contributed by atoms with Crippen molar-refractivity contribution in [2.45, 2.75) is 13.0 Å². The van der Waals surface area contributed by atoms with Gasteiger partial charge in [-0.1, -0.05) is 6.07 Å². The Labute approximate surface area is 86.7 Å². The Morgan fingerprint density at radius 1 is 1.53 bits per heavy atom. The van der Waals surface area contributed by atoms with Crippen molar-refractivity contribution in [3.05, 3.63) is 33.9 Å². The van der Waals surface area contributed by atoms with Gasteiger partial charge < -0.3 is 4.74 Å². The Morgan fingerprint density at radius 3 is 2.67 bits per heavy atom. The highest BCUT2D eigenvalue weighted by molar-refractivity contribution is 5.49. The van der Waals surface area contributed by atoms with Crippen molar-refractivity contribution < 1.29 is 14.5 Å². The molecule has 1 aromatic rings. The summed E-state index contributed by atoms with van der Waals surface area (Å²) in [6.45, 7) is 1.70. The van der Waals surface area contributed by atoms with Crippen LogP contribution in [0, 0.1) is 10.1 Å². The van der Waals surface area contributed by atoms with Crippen LogP contribution in [0.25, 0.3) is 0 Å². The number of rotatable bonds is 4. The van der Waals surface area contributed by atoms with Crippen molar-refractivity contribution >= 4 is 5.69 Å². The third-order valence-corrected chi connectivity index (χ3v) is 2.07. The molecule has 0 heterocycles.